The number of sulfonamides is 1. The highest BCUT2D eigenvalue weighted by Gasteiger charge is 2.19. The first-order chi connectivity index (χ1) is 11.1. The minimum Gasteiger partial charge on any atom is -0.454 e. The van der Waals surface area contributed by atoms with Crippen molar-refractivity contribution in [1.82, 2.24) is 4.72 Å². The Balaban J connectivity index is 2.32. The molecule has 0 aromatic heterocycles. The van der Waals surface area contributed by atoms with Gasteiger partial charge >= 0.3 is 0 Å². The zero-order chi connectivity index (χ0) is 18.1. The molecule has 0 aliphatic carbocycles. The molecule has 2 rings (SSSR count). The monoisotopic (exact) mass is 375 g/mol. The van der Waals surface area contributed by atoms with Gasteiger partial charge in [0.25, 0.3) is 5.91 Å². The molecule has 0 unspecified atom stereocenters. The summed E-state index contributed by atoms with van der Waals surface area (Å²) in [6, 6.07) is 5.76. The largest absolute Gasteiger partial charge is 0.454 e. The number of ether oxygens (including phenoxy) is 1. The molecule has 0 atom stereocenters. The van der Waals surface area contributed by atoms with Gasteiger partial charge in [0.2, 0.25) is 10.0 Å². The SMILES string of the molecule is Cc1cc(Oc2cc(F)c(C(=O)NS(C)(=O)=O)cc2F)ccc1Cl. The Kier molecular flexibility index (Phi) is 5.10. The minimum atomic E-state index is -3.90. The molecule has 9 heteroatoms. The smallest absolute Gasteiger partial charge is 0.267 e. The number of carbonyl (C=O) groups is 1. The molecular formula is C15H12ClF2NO4S. The van der Waals surface area contributed by atoms with Crippen LogP contribution < -0.4 is 9.46 Å². The number of hydrogen-bond acceptors (Lipinski definition) is 4. The van der Waals surface area contributed by atoms with E-state index >= 15 is 0 Å². The van der Waals surface area contributed by atoms with Crippen molar-refractivity contribution in [3.8, 4) is 11.5 Å². The van der Waals surface area contributed by atoms with Crippen molar-refractivity contribution in [3.63, 3.8) is 0 Å². The molecular weight excluding hydrogens is 364 g/mol. The van der Waals surface area contributed by atoms with Crippen molar-refractivity contribution in [2.24, 2.45) is 0 Å². The van der Waals surface area contributed by atoms with E-state index in [-0.39, 0.29) is 5.75 Å². The molecule has 0 saturated heterocycles. The number of benzene rings is 2. The zero-order valence-corrected chi connectivity index (χ0v) is 14.1. The lowest BCUT2D eigenvalue weighted by Crippen LogP contribution is -2.30. The number of hydrogen-bond donors (Lipinski definition) is 1. The molecule has 128 valence electrons. The molecule has 1 amide bonds. The Bertz CT molecular complexity index is 916. The highest BCUT2D eigenvalue weighted by atomic mass is 35.5. The maximum absolute atomic E-state index is 14.0. The summed E-state index contributed by atoms with van der Waals surface area (Å²) in [6.45, 7) is 1.71. The molecule has 0 spiro atoms. The van der Waals surface area contributed by atoms with E-state index in [1.54, 1.807) is 11.6 Å². The van der Waals surface area contributed by atoms with Gasteiger partial charge in [0.05, 0.1) is 11.8 Å². The van der Waals surface area contributed by atoms with E-state index < -0.39 is 38.9 Å². The van der Waals surface area contributed by atoms with Gasteiger partial charge in [-0.2, -0.15) is 0 Å². The Labute approximate surface area is 142 Å². The number of rotatable bonds is 4. The number of carbonyl (C=O) groups excluding carboxylic acids is 1. The first-order valence-electron chi connectivity index (χ1n) is 6.52. The van der Waals surface area contributed by atoms with Crippen molar-refractivity contribution in [1.29, 1.82) is 0 Å². The maximum atomic E-state index is 14.0. The first-order valence-corrected chi connectivity index (χ1v) is 8.79. The second-order valence-corrected chi connectivity index (χ2v) is 7.13. The second-order valence-electron chi connectivity index (χ2n) is 4.98. The highest BCUT2D eigenvalue weighted by Crippen LogP contribution is 2.29. The van der Waals surface area contributed by atoms with E-state index in [1.165, 1.54) is 18.2 Å². The van der Waals surface area contributed by atoms with Crippen LogP contribution in [0.4, 0.5) is 8.78 Å². The lowest BCUT2D eigenvalue weighted by molar-refractivity contribution is 0.0977. The van der Waals surface area contributed by atoms with Crippen LogP contribution in [0.5, 0.6) is 11.5 Å². The van der Waals surface area contributed by atoms with Gasteiger partial charge in [-0.25, -0.2) is 21.9 Å². The fraction of sp³-hybridized carbons (Fsp3) is 0.133. The minimum absolute atomic E-state index is 0.225. The van der Waals surface area contributed by atoms with Crippen molar-refractivity contribution in [3.05, 3.63) is 58.1 Å². The van der Waals surface area contributed by atoms with Crippen LogP contribution in [-0.4, -0.2) is 20.6 Å². The van der Waals surface area contributed by atoms with E-state index in [2.05, 4.69) is 0 Å². The van der Waals surface area contributed by atoms with Crippen molar-refractivity contribution in [2.75, 3.05) is 6.26 Å². The molecule has 24 heavy (non-hydrogen) atoms. The maximum Gasteiger partial charge on any atom is 0.267 e. The van der Waals surface area contributed by atoms with Gasteiger partial charge < -0.3 is 4.74 Å². The highest BCUT2D eigenvalue weighted by molar-refractivity contribution is 7.89. The summed E-state index contributed by atoms with van der Waals surface area (Å²) in [5, 5.41) is 0.488. The molecule has 0 aliphatic heterocycles. The molecule has 0 saturated carbocycles. The molecule has 2 aromatic carbocycles. The average molecular weight is 376 g/mol. The summed E-state index contributed by atoms with van der Waals surface area (Å²) >= 11 is 5.87. The molecule has 2 aromatic rings. The molecule has 5 nitrogen and oxygen atoms in total. The number of aryl methyl sites for hydroxylation is 1. The van der Waals surface area contributed by atoms with Gasteiger partial charge in [-0.1, -0.05) is 11.6 Å². The topological polar surface area (TPSA) is 72.5 Å². The second kappa shape index (κ2) is 6.74. The lowest BCUT2D eigenvalue weighted by atomic mass is 10.2. The molecule has 1 N–H and O–H groups in total. The van der Waals surface area contributed by atoms with Crippen LogP contribution in [0, 0.1) is 18.6 Å². The van der Waals surface area contributed by atoms with Gasteiger partial charge in [0.15, 0.2) is 11.6 Å². The normalized spacial score (nSPS) is 11.2. The average Bonchev–Trinajstić information content (AvgIpc) is 2.44. The Morgan fingerprint density at radius 2 is 1.83 bits per heavy atom. The molecule has 0 heterocycles. The van der Waals surface area contributed by atoms with Crippen LogP contribution in [0.15, 0.2) is 30.3 Å². The Morgan fingerprint density at radius 1 is 1.17 bits per heavy atom. The van der Waals surface area contributed by atoms with Crippen molar-refractivity contribution in [2.45, 2.75) is 6.92 Å². The van der Waals surface area contributed by atoms with E-state index in [4.69, 9.17) is 16.3 Å². The predicted molar refractivity (Wildman–Crippen MR) is 84.9 cm³/mol. The summed E-state index contributed by atoms with van der Waals surface area (Å²) in [6.07, 6.45) is 0.722. The van der Waals surface area contributed by atoms with Gasteiger partial charge in [-0.05, 0) is 36.8 Å². The third-order valence-electron chi connectivity index (χ3n) is 2.90. The zero-order valence-electron chi connectivity index (χ0n) is 12.6. The van der Waals surface area contributed by atoms with Gasteiger partial charge in [-0.15, -0.1) is 0 Å². The van der Waals surface area contributed by atoms with Gasteiger partial charge in [0, 0.05) is 11.1 Å². The molecule has 0 aliphatic rings. The fourth-order valence-corrected chi connectivity index (χ4v) is 2.38. The fourth-order valence-electron chi connectivity index (χ4n) is 1.81. The van der Waals surface area contributed by atoms with Crippen LogP contribution >= 0.6 is 11.6 Å². The van der Waals surface area contributed by atoms with Crippen molar-refractivity contribution >= 4 is 27.5 Å². The quantitative estimate of drug-likeness (QED) is 0.888. The third kappa shape index (κ3) is 4.42. The lowest BCUT2D eigenvalue weighted by Gasteiger charge is -2.10. The van der Waals surface area contributed by atoms with Gasteiger partial charge in [-0.3, -0.25) is 4.79 Å². The molecule has 0 fully saturated rings. The molecule has 0 bridgehead atoms. The van der Waals surface area contributed by atoms with Crippen LogP contribution in [0.1, 0.15) is 15.9 Å². The van der Waals surface area contributed by atoms with E-state index in [0.717, 1.165) is 6.26 Å². The number of halogens is 3. The summed E-state index contributed by atoms with van der Waals surface area (Å²) in [5.41, 5.74) is -0.0724. The summed E-state index contributed by atoms with van der Waals surface area (Å²) in [7, 11) is -3.90. The van der Waals surface area contributed by atoms with Crippen molar-refractivity contribution < 1.29 is 26.7 Å². The third-order valence-corrected chi connectivity index (χ3v) is 3.88. The number of amides is 1. The molecule has 0 radical (unpaired) electrons. The van der Waals surface area contributed by atoms with Gasteiger partial charge in [0.1, 0.15) is 11.6 Å². The predicted octanol–water partition coefficient (Wildman–Crippen LogP) is 3.41. The number of nitrogens with one attached hydrogen (secondary N) is 1. The van der Waals surface area contributed by atoms with E-state index in [1.807, 2.05) is 0 Å². The van der Waals surface area contributed by atoms with Crippen LogP contribution in [0.3, 0.4) is 0 Å². The summed E-state index contributed by atoms with van der Waals surface area (Å²) < 4.78 is 56.8. The summed E-state index contributed by atoms with van der Waals surface area (Å²) in [4.78, 5) is 11.6. The van der Waals surface area contributed by atoms with E-state index in [9.17, 15) is 22.0 Å². The Hall–Kier alpha value is -2.19. The van der Waals surface area contributed by atoms with E-state index in [0.29, 0.717) is 22.7 Å². The standard InChI is InChI=1S/C15H12ClF2NO4S/c1-8-5-9(3-4-11(8)16)23-14-7-12(17)10(6-13(14)18)15(20)19-24(2,21)22/h3-7H,1-2H3,(H,19,20). The van der Waals surface area contributed by atoms with Crippen LogP contribution in [0.2, 0.25) is 5.02 Å². The Morgan fingerprint density at radius 3 is 2.42 bits per heavy atom. The van der Waals surface area contributed by atoms with Crippen LogP contribution in [-0.2, 0) is 10.0 Å². The first kappa shape index (κ1) is 18.2. The van der Waals surface area contributed by atoms with Crippen LogP contribution in [0.25, 0.3) is 0 Å². The summed E-state index contributed by atoms with van der Waals surface area (Å²) in [5.74, 6) is -3.66.